The van der Waals surface area contributed by atoms with Crippen LogP contribution in [0, 0.1) is 17.0 Å². The Balaban J connectivity index is 2.05. The summed E-state index contributed by atoms with van der Waals surface area (Å²) in [4.78, 5) is 18.4. The first-order chi connectivity index (χ1) is 9.60. The summed E-state index contributed by atoms with van der Waals surface area (Å²) < 4.78 is 4.94. The molecule has 2 aromatic heterocycles. The van der Waals surface area contributed by atoms with Crippen LogP contribution in [0.2, 0.25) is 0 Å². The second kappa shape index (κ2) is 5.93. The van der Waals surface area contributed by atoms with E-state index in [0.29, 0.717) is 30.5 Å². The predicted molar refractivity (Wildman–Crippen MR) is 69.9 cm³/mol. The molecule has 2 rings (SSSR count). The SMILES string of the molecule is Cc1noc(CCNc2nc(NN)ccc2[N+](=O)[O-])n1. The van der Waals surface area contributed by atoms with E-state index in [9.17, 15) is 10.1 Å². The molecule has 0 bridgehead atoms. The van der Waals surface area contributed by atoms with Crippen molar-refractivity contribution in [1.82, 2.24) is 15.1 Å². The molecule has 4 N–H and O–H groups in total. The van der Waals surface area contributed by atoms with Crippen molar-refractivity contribution in [3.8, 4) is 0 Å². The predicted octanol–water partition coefficient (Wildman–Crippen LogP) is 0.621. The fourth-order valence-electron chi connectivity index (χ4n) is 1.54. The summed E-state index contributed by atoms with van der Waals surface area (Å²) in [6.45, 7) is 2.08. The zero-order valence-corrected chi connectivity index (χ0v) is 10.7. The first-order valence-corrected chi connectivity index (χ1v) is 5.75. The molecule has 0 unspecified atom stereocenters. The molecule has 0 amide bonds. The fourth-order valence-corrected chi connectivity index (χ4v) is 1.54. The van der Waals surface area contributed by atoms with Gasteiger partial charge >= 0.3 is 5.69 Å². The van der Waals surface area contributed by atoms with Crippen molar-refractivity contribution in [2.45, 2.75) is 13.3 Å². The molecule has 2 aromatic rings. The van der Waals surface area contributed by atoms with Gasteiger partial charge < -0.3 is 15.3 Å². The maximum atomic E-state index is 10.9. The molecule has 0 aliphatic heterocycles. The van der Waals surface area contributed by atoms with Crippen molar-refractivity contribution in [3.63, 3.8) is 0 Å². The van der Waals surface area contributed by atoms with E-state index in [1.807, 2.05) is 0 Å². The molecule has 0 radical (unpaired) electrons. The number of nitrogens with one attached hydrogen (secondary N) is 2. The summed E-state index contributed by atoms with van der Waals surface area (Å²) in [5, 5.41) is 17.4. The summed E-state index contributed by atoms with van der Waals surface area (Å²) in [5.74, 6) is 6.67. The number of nitro groups is 1. The maximum absolute atomic E-state index is 10.9. The summed E-state index contributed by atoms with van der Waals surface area (Å²) in [6, 6.07) is 2.74. The standard InChI is InChI=1S/C10H13N7O3/c1-6-13-9(20-16-6)4-5-12-10-7(17(18)19)2-3-8(14-10)15-11/h2-3H,4-5,11H2,1H3,(H2,12,14,15). The molecule has 0 fully saturated rings. The molecular formula is C10H13N7O3. The van der Waals surface area contributed by atoms with Crippen LogP contribution in [-0.2, 0) is 6.42 Å². The van der Waals surface area contributed by atoms with Gasteiger partial charge in [0.1, 0.15) is 5.82 Å². The topological polar surface area (TPSA) is 145 Å². The van der Waals surface area contributed by atoms with Crippen LogP contribution >= 0.6 is 0 Å². The van der Waals surface area contributed by atoms with Gasteiger partial charge in [-0.15, -0.1) is 0 Å². The monoisotopic (exact) mass is 279 g/mol. The Labute approximate surface area is 113 Å². The summed E-state index contributed by atoms with van der Waals surface area (Å²) in [6.07, 6.45) is 0.431. The van der Waals surface area contributed by atoms with Crippen LogP contribution in [0.15, 0.2) is 16.7 Å². The van der Waals surface area contributed by atoms with E-state index in [2.05, 4.69) is 25.9 Å². The van der Waals surface area contributed by atoms with Gasteiger partial charge in [0.15, 0.2) is 5.82 Å². The maximum Gasteiger partial charge on any atom is 0.311 e. The lowest BCUT2D eigenvalue weighted by atomic mass is 10.3. The lowest BCUT2D eigenvalue weighted by Crippen LogP contribution is -2.12. The molecule has 0 aliphatic carbocycles. The first kappa shape index (κ1) is 13.7. The van der Waals surface area contributed by atoms with Crippen molar-refractivity contribution in [2.75, 3.05) is 17.3 Å². The van der Waals surface area contributed by atoms with E-state index >= 15 is 0 Å². The molecule has 0 aliphatic rings. The van der Waals surface area contributed by atoms with Crippen LogP contribution in [0.25, 0.3) is 0 Å². The Morgan fingerprint density at radius 3 is 2.85 bits per heavy atom. The van der Waals surface area contributed by atoms with Gasteiger partial charge in [0, 0.05) is 19.0 Å². The van der Waals surface area contributed by atoms with Crippen LogP contribution in [0.1, 0.15) is 11.7 Å². The van der Waals surface area contributed by atoms with Gasteiger partial charge in [-0.2, -0.15) is 4.98 Å². The highest BCUT2D eigenvalue weighted by atomic mass is 16.6. The normalized spacial score (nSPS) is 10.3. The van der Waals surface area contributed by atoms with E-state index in [-0.39, 0.29) is 11.5 Å². The average molecular weight is 279 g/mol. The Morgan fingerprint density at radius 2 is 2.25 bits per heavy atom. The van der Waals surface area contributed by atoms with Crippen LogP contribution in [0.5, 0.6) is 0 Å². The third-order valence-corrected chi connectivity index (χ3v) is 2.42. The number of nitrogen functional groups attached to an aromatic ring is 1. The third-order valence-electron chi connectivity index (χ3n) is 2.42. The number of anilines is 2. The van der Waals surface area contributed by atoms with E-state index in [4.69, 9.17) is 10.4 Å². The largest absolute Gasteiger partial charge is 0.364 e. The van der Waals surface area contributed by atoms with Crippen molar-refractivity contribution in [2.24, 2.45) is 5.84 Å². The molecule has 0 aromatic carbocycles. The smallest absolute Gasteiger partial charge is 0.311 e. The Kier molecular flexibility index (Phi) is 4.05. The van der Waals surface area contributed by atoms with Crippen molar-refractivity contribution in [3.05, 3.63) is 34.0 Å². The van der Waals surface area contributed by atoms with E-state index in [1.54, 1.807) is 6.92 Å². The van der Waals surface area contributed by atoms with E-state index in [1.165, 1.54) is 12.1 Å². The zero-order valence-electron chi connectivity index (χ0n) is 10.7. The number of aryl methyl sites for hydroxylation is 1. The Morgan fingerprint density at radius 1 is 1.45 bits per heavy atom. The molecule has 2 heterocycles. The molecule has 10 heteroatoms. The van der Waals surface area contributed by atoms with Crippen molar-refractivity contribution in [1.29, 1.82) is 0 Å². The third kappa shape index (κ3) is 3.17. The minimum Gasteiger partial charge on any atom is -0.364 e. The van der Waals surface area contributed by atoms with Crippen molar-refractivity contribution < 1.29 is 9.45 Å². The number of pyridine rings is 1. The summed E-state index contributed by atoms with van der Waals surface area (Å²) in [7, 11) is 0. The Bertz CT molecular complexity index is 613. The second-order valence-electron chi connectivity index (χ2n) is 3.88. The quantitative estimate of drug-likeness (QED) is 0.393. The lowest BCUT2D eigenvalue weighted by Gasteiger charge is -2.06. The molecule has 0 atom stereocenters. The zero-order chi connectivity index (χ0) is 14.5. The first-order valence-electron chi connectivity index (χ1n) is 5.75. The second-order valence-corrected chi connectivity index (χ2v) is 3.88. The number of nitrogens with two attached hydrogens (primary N) is 1. The van der Waals surface area contributed by atoms with Gasteiger partial charge in [0.2, 0.25) is 11.7 Å². The Hall–Kier alpha value is -2.75. The summed E-state index contributed by atoms with van der Waals surface area (Å²) in [5.41, 5.74) is 2.20. The van der Waals surface area contributed by atoms with E-state index in [0.717, 1.165) is 0 Å². The fraction of sp³-hybridized carbons (Fsp3) is 0.300. The number of hydrogen-bond acceptors (Lipinski definition) is 9. The molecule has 10 nitrogen and oxygen atoms in total. The van der Waals surface area contributed by atoms with Crippen LogP contribution < -0.4 is 16.6 Å². The lowest BCUT2D eigenvalue weighted by molar-refractivity contribution is -0.384. The highest BCUT2D eigenvalue weighted by molar-refractivity contribution is 5.59. The number of nitrogens with zero attached hydrogens (tertiary/aromatic N) is 4. The molecule has 0 saturated carbocycles. The average Bonchev–Trinajstić information content (AvgIpc) is 2.84. The molecule has 0 spiro atoms. The molecule has 0 saturated heterocycles. The molecule has 106 valence electrons. The number of hydrogen-bond donors (Lipinski definition) is 3. The van der Waals surface area contributed by atoms with Gasteiger partial charge in [0.05, 0.1) is 4.92 Å². The van der Waals surface area contributed by atoms with Gasteiger partial charge in [0.25, 0.3) is 0 Å². The van der Waals surface area contributed by atoms with Gasteiger partial charge in [-0.1, -0.05) is 5.16 Å². The minimum absolute atomic E-state index is 0.127. The highest BCUT2D eigenvalue weighted by Crippen LogP contribution is 2.23. The van der Waals surface area contributed by atoms with E-state index < -0.39 is 4.92 Å². The van der Waals surface area contributed by atoms with Crippen LogP contribution in [0.4, 0.5) is 17.3 Å². The number of aromatic nitrogens is 3. The van der Waals surface area contributed by atoms with Crippen molar-refractivity contribution >= 4 is 17.3 Å². The minimum atomic E-state index is -0.521. The number of rotatable bonds is 6. The highest BCUT2D eigenvalue weighted by Gasteiger charge is 2.15. The molecular weight excluding hydrogens is 266 g/mol. The van der Waals surface area contributed by atoms with Gasteiger partial charge in [-0.3, -0.25) is 10.1 Å². The van der Waals surface area contributed by atoms with Gasteiger partial charge in [-0.25, -0.2) is 10.8 Å². The number of hydrazine groups is 1. The summed E-state index contributed by atoms with van der Waals surface area (Å²) >= 11 is 0. The van der Waals surface area contributed by atoms with Crippen LogP contribution in [0.3, 0.4) is 0 Å². The molecule has 20 heavy (non-hydrogen) atoms. The van der Waals surface area contributed by atoms with Gasteiger partial charge in [-0.05, 0) is 13.0 Å². The van der Waals surface area contributed by atoms with Crippen LogP contribution in [-0.4, -0.2) is 26.6 Å².